The first-order chi connectivity index (χ1) is 10.1. The summed E-state index contributed by atoms with van der Waals surface area (Å²) in [6.45, 7) is 1.91. The van der Waals surface area contributed by atoms with Crippen LogP contribution < -0.4 is 4.90 Å². The number of fused-ring (bicyclic) bond motifs is 1. The number of hydrogen-bond donors (Lipinski definition) is 1. The minimum atomic E-state index is -0.889. The average molecular weight is 287 g/mol. The summed E-state index contributed by atoms with van der Waals surface area (Å²) >= 11 is 0. The zero-order chi connectivity index (χ0) is 15.0. The maximum Gasteiger partial charge on any atom is 0.304 e. The summed E-state index contributed by atoms with van der Waals surface area (Å²) in [5, 5.41) is 12.6. The highest BCUT2D eigenvalue weighted by Crippen LogP contribution is 2.38. The monoisotopic (exact) mass is 287 g/mol. The number of amides is 1. The molecule has 0 aliphatic carbocycles. The van der Waals surface area contributed by atoms with Gasteiger partial charge in [0.25, 0.3) is 11.7 Å². The van der Waals surface area contributed by atoms with Gasteiger partial charge in [-0.2, -0.15) is 4.98 Å². The third kappa shape index (κ3) is 2.37. The van der Waals surface area contributed by atoms with Crippen LogP contribution in [0, 0.1) is 6.92 Å². The lowest BCUT2D eigenvalue weighted by Crippen LogP contribution is -2.31. The largest absolute Gasteiger partial charge is 0.481 e. The molecule has 0 bridgehead atoms. The maximum absolute atomic E-state index is 12.4. The van der Waals surface area contributed by atoms with Crippen molar-refractivity contribution < 1.29 is 19.2 Å². The van der Waals surface area contributed by atoms with Crippen molar-refractivity contribution in [2.45, 2.75) is 19.3 Å². The Morgan fingerprint density at radius 2 is 2.19 bits per heavy atom. The highest BCUT2D eigenvalue weighted by molar-refractivity contribution is 6.05. The lowest BCUT2D eigenvalue weighted by Gasteiger charge is -2.15. The third-order valence-electron chi connectivity index (χ3n) is 3.46. The van der Waals surface area contributed by atoms with Crippen molar-refractivity contribution >= 4 is 17.6 Å². The van der Waals surface area contributed by atoms with E-state index in [2.05, 4.69) is 10.1 Å². The Balaban J connectivity index is 1.94. The highest BCUT2D eigenvalue weighted by atomic mass is 16.5. The van der Waals surface area contributed by atoms with Crippen LogP contribution in [0.2, 0.25) is 0 Å². The van der Waals surface area contributed by atoms with Crippen molar-refractivity contribution in [3.63, 3.8) is 0 Å². The van der Waals surface area contributed by atoms with Crippen LogP contribution in [0.5, 0.6) is 0 Å². The molecule has 3 rings (SSSR count). The number of carboxylic acids is 1. The van der Waals surface area contributed by atoms with Crippen LogP contribution in [0.3, 0.4) is 0 Å². The number of aryl methyl sites for hydroxylation is 1. The Bertz CT molecular complexity index is 710. The number of aromatic nitrogens is 2. The molecular weight excluding hydrogens is 274 g/mol. The number of carbonyl (C=O) groups excluding carboxylic acids is 1. The fourth-order valence-electron chi connectivity index (χ4n) is 2.58. The van der Waals surface area contributed by atoms with Crippen molar-refractivity contribution in [1.82, 2.24) is 10.1 Å². The van der Waals surface area contributed by atoms with E-state index in [0.29, 0.717) is 18.1 Å². The molecule has 0 fully saturated rings. The summed E-state index contributed by atoms with van der Waals surface area (Å²) in [6.07, 6.45) is -0.0218. The van der Waals surface area contributed by atoms with Crippen molar-refractivity contribution in [3.8, 4) is 0 Å². The number of anilines is 1. The Morgan fingerprint density at radius 1 is 1.43 bits per heavy atom. The van der Waals surface area contributed by atoms with Gasteiger partial charge in [0.15, 0.2) is 0 Å². The molecule has 7 heteroatoms. The SMILES string of the molecule is Cc1nc(C(=O)N2CC(CC(=O)O)c3ccccc32)no1. The average Bonchev–Trinajstić information content (AvgIpc) is 3.03. The summed E-state index contributed by atoms with van der Waals surface area (Å²) in [7, 11) is 0. The van der Waals surface area contributed by atoms with Gasteiger partial charge in [0, 0.05) is 25.1 Å². The number of benzene rings is 1. The van der Waals surface area contributed by atoms with E-state index in [0.717, 1.165) is 5.56 Å². The molecule has 1 aliphatic rings. The van der Waals surface area contributed by atoms with Crippen LogP contribution in [0.15, 0.2) is 28.8 Å². The van der Waals surface area contributed by atoms with Gasteiger partial charge >= 0.3 is 5.97 Å². The van der Waals surface area contributed by atoms with Crippen molar-refractivity contribution in [1.29, 1.82) is 0 Å². The van der Waals surface area contributed by atoms with Crippen LogP contribution in [-0.4, -0.2) is 33.7 Å². The lowest BCUT2D eigenvalue weighted by atomic mass is 9.98. The van der Waals surface area contributed by atoms with Crippen molar-refractivity contribution in [3.05, 3.63) is 41.5 Å². The number of hydrogen-bond acceptors (Lipinski definition) is 5. The second-order valence-corrected chi connectivity index (χ2v) is 4.91. The van der Waals surface area contributed by atoms with Gasteiger partial charge in [0.05, 0.1) is 6.42 Å². The van der Waals surface area contributed by atoms with Crippen LogP contribution in [0.1, 0.15) is 34.4 Å². The van der Waals surface area contributed by atoms with Gasteiger partial charge in [-0.25, -0.2) is 0 Å². The van der Waals surface area contributed by atoms with E-state index in [-0.39, 0.29) is 24.1 Å². The van der Waals surface area contributed by atoms with Gasteiger partial charge in [-0.05, 0) is 11.6 Å². The van der Waals surface area contributed by atoms with Crippen molar-refractivity contribution in [2.75, 3.05) is 11.4 Å². The van der Waals surface area contributed by atoms with Gasteiger partial charge in [0.2, 0.25) is 5.89 Å². The Hall–Kier alpha value is -2.70. The Morgan fingerprint density at radius 3 is 2.86 bits per heavy atom. The van der Waals surface area contributed by atoms with Crippen LogP contribution in [0.25, 0.3) is 0 Å². The molecule has 0 saturated carbocycles. The van der Waals surface area contributed by atoms with E-state index in [4.69, 9.17) is 9.63 Å². The van der Waals surface area contributed by atoms with E-state index < -0.39 is 5.97 Å². The molecule has 2 heterocycles. The lowest BCUT2D eigenvalue weighted by molar-refractivity contribution is -0.137. The summed E-state index contributed by atoms with van der Waals surface area (Å²) in [6, 6.07) is 7.28. The second-order valence-electron chi connectivity index (χ2n) is 4.91. The molecule has 1 unspecified atom stereocenters. The quantitative estimate of drug-likeness (QED) is 0.921. The first-order valence-electron chi connectivity index (χ1n) is 6.49. The summed E-state index contributed by atoms with van der Waals surface area (Å²) < 4.78 is 4.82. The normalized spacial score (nSPS) is 16.8. The topological polar surface area (TPSA) is 96.5 Å². The van der Waals surface area contributed by atoms with E-state index in [1.807, 2.05) is 18.2 Å². The van der Waals surface area contributed by atoms with Crippen LogP contribution in [-0.2, 0) is 4.79 Å². The maximum atomic E-state index is 12.4. The molecule has 21 heavy (non-hydrogen) atoms. The predicted octanol–water partition coefficient (Wildman–Crippen LogP) is 1.60. The summed E-state index contributed by atoms with van der Waals surface area (Å²) in [5.74, 6) is -1.20. The number of nitrogens with zero attached hydrogens (tertiary/aromatic N) is 3. The minimum absolute atomic E-state index is 0.0155. The molecular formula is C14H13N3O4. The first kappa shape index (κ1) is 13.3. The number of carboxylic acid groups (broad SMARTS) is 1. The van der Waals surface area contributed by atoms with Gasteiger partial charge in [-0.3, -0.25) is 9.59 Å². The molecule has 108 valence electrons. The van der Waals surface area contributed by atoms with Crippen molar-refractivity contribution in [2.24, 2.45) is 0 Å². The molecule has 1 aromatic carbocycles. The fraction of sp³-hybridized carbons (Fsp3) is 0.286. The molecule has 0 radical (unpaired) electrons. The molecule has 0 spiro atoms. The molecule has 1 amide bonds. The van der Waals surface area contributed by atoms with Gasteiger partial charge in [0.1, 0.15) is 0 Å². The van der Waals surface area contributed by atoms with Gasteiger partial charge < -0.3 is 14.5 Å². The third-order valence-corrected chi connectivity index (χ3v) is 3.46. The molecule has 1 atom stereocenters. The smallest absolute Gasteiger partial charge is 0.304 e. The van der Waals surface area contributed by atoms with E-state index in [1.54, 1.807) is 13.0 Å². The van der Waals surface area contributed by atoms with Crippen LogP contribution >= 0.6 is 0 Å². The second kappa shape index (κ2) is 5.01. The number of aliphatic carboxylic acids is 1. The fourth-order valence-corrected chi connectivity index (χ4v) is 2.58. The van der Waals surface area contributed by atoms with E-state index >= 15 is 0 Å². The number of para-hydroxylation sites is 1. The molecule has 0 saturated heterocycles. The Kier molecular flexibility index (Phi) is 3.17. The molecule has 1 aromatic heterocycles. The predicted molar refractivity (Wildman–Crippen MR) is 72.1 cm³/mol. The summed E-state index contributed by atoms with van der Waals surface area (Å²) in [4.78, 5) is 28.9. The minimum Gasteiger partial charge on any atom is -0.481 e. The molecule has 2 aromatic rings. The van der Waals surface area contributed by atoms with Crippen LogP contribution in [0.4, 0.5) is 5.69 Å². The summed E-state index contributed by atoms with van der Waals surface area (Å²) in [5.41, 5.74) is 1.56. The van der Waals surface area contributed by atoms with E-state index in [9.17, 15) is 9.59 Å². The van der Waals surface area contributed by atoms with Gasteiger partial charge in [-0.1, -0.05) is 23.4 Å². The zero-order valence-electron chi connectivity index (χ0n) is 11.3. The zero-order valence-corrected chi connectivity index (χ0v) is 11.3. The number of carbonyl (C=O) groups is 2. The molecule has 1 N–H and O–H groups in total. The van der Waals surface area contributed by atoms with Gasteiger partial charge in [-0.15, -0.1) is 0 Å². The Labute approximate surface area is 120 Å². The van der Waals surface area contributed by atoms with E-state index in [1.165, 1.54) is 4.90 Å². The molecule has 7 nitrogen and oxygen atoms in total. The highest BCUT2D eigenvalue weighted by Gasteiger charge is 2.35. The standard InChI is InChI=1S/C14H13N3O4/c1-8-15-13(16-21-8)14(20)17-7-9(6-12(18)19)10-4-2-3-5-11(10)17/h2-5,9H,6-7H2,1H3,(H,18,19). The number of rotatable bonds is 3. The molecule has 1 aliphatic heterocycles. The first-order valence-corrected chi connectivity index (χ1v) is 6.49.